The lowest BCUT2D eigenvalue weighted by Crippen LogP contribution is -2.37. The summed E-state index contributed by atoms with van der Waals surface area (Å²) in [7, 11) is 0. The van der Waals surface area contributed by atoms with Gasteiger partial charge in [-0.15, -0.1) is 0 Å². The molecule has 4 nitrogen and oxygen atoms in total. The standard InChI is InChI=1S/C19H30N2O2/c1-19(2)13-15-5-3-6-16(18(15)23-19)14-20-9-4-10-21-11-7-17(22)8-12-21/h3,5-6,17,20,22H,4,7-14H2,1-2H3. The quantitative estimate of drug-likeness (QED) is 0.790. The van der Waals surface area contributed by atoms with Crippen molar-refractivity contribution in [3.63, 3.8) is 0 Å². The molecule has 23 heavy (non-hydrogen) atoms. The van der Waals surface area contributed by atoms with Crippen LogP contribution in [0.3, 0.4) is 0 Å². The van der Waals surface area contributed by atoms with Crippen molar-refractivity contribution in [1.29, 1.82) is 0 Å². The molecule has 4 heteroatoms. The fourth-order valence-corrected chi connectivity index (χ4v) is 3.61. The molecule has 0 amide bonds. The van der Waals surface area contributed by atoms with Gasteiger partial charge in [0.2, 0.25) is 0 Å². The molecule has 2 heterocycles. The van der Waals surface area contributed by atoms with Crippen LogP contribution in [0.15, 0.2) is 18.2 Å². The molecular formula is C19H30N2O2. The predicted octanol–water partition coefficient (Wildman–Crippen LogP) is 2.34. The zero-order valence-electron chi connectivity index (χ0n) is 14.5. The highest BCUT2D eigenvalue weighted by Crippen LogP contribution is 2.37. The second-order valence-electron chi connectivity index (χ2n) is 7.55. The van der Waals surface area contributed by atoms with Gasteiger partial charge in [-0.2, -0.15) is 0 Å². The summed E-state index contributed by atoms with van der Waals surface area (Å²) in [6.07, 6.45) is 3.93. The summed E-state index contributed by atoms with van der Waals surface area (Å²) in [5, 5.41) is 13.1. The first kappa shape index (κ1) is 16.7. The van der Waals surface area contributed by atoms with Crippen LogP contribution < -0.4 is 10.1 Å². The number of nitrogens with one attached hydrogen (secondary N) is 1. The average Bonchev–Trinajstić information content (AvgIpc) is 2.83. The Morgan fingerprint density at radius 2 is 2.09 bits per heavy atom. The lowest BCUT2D eigenvalue weighted by molar-refractivity contribution is 0.0821. The molecule has 2 aliphatic heterocycles. The number of rotatable bonds is 6. The van der Waals surface area contributed by atoms with Crippen LogP contribution in [-0.2, 0) is 13.0 Å². The van der Waals surface area contributed by atoms with Crippen LogP contribution in [0.4, 0.5) is 0 Å². The maximum atomic E-state index is 9.53. The maximum absolute atomic E-state index is 9.53. The molecule has 0 saturated carbocycles. The molecule has 0 unspecified atom stereocenters. The van der Waals surface area contributed by atoms with E-state index >= 15 is 0 Å². The number of benzene rings is 1. The fraction of sp³-hybridized carbons (Fsp3) is 0.684. The largest absolute Gasteiger partial charge is 0.487 e. The summed E-state index contributed by atoms with van der Waals surface area (Å²) < 4.78 is 6.12. The van der Waals surface area contributed by atoms with Gasteiger partial charge in [0.25, 0.3) is 0 Å². The lowest BCUT2D eigenvalue weighted by Gasteiger charge is -2.29. The van der Waals surface area contributed by atoms with Crippen LogP contribution in [-0.4, -0.2) is 47.9 Å². The van der Waals surface area contributed by atoms with Crippen LogP contribution in [0.1, 0.15) is 44.2 Å². The van der Waals surface area contributed by atoms with Crippen LogP contribution in [0, 0.1) is 0 Å². The third kappa shape index (κ3) is 4.46. The topological polar surface area (TPSA) is 44.7 Å². The molecular weight excluding hydrogens is 288 g/mol. The van der Waals surface area contributed by atoms with Gasteiger partial charge in [-0.3, -0.25) is 0 Å². The number of fused-ring (bicyclic) bond motifs is 1. The molecule has 2 N–H and O–H groups in total. The first-order chi connectivity index (χ1) is 11.0. The number of aliphatic hydroxyl groups excluding tert-OH is 1. The summed E-state index contributed by atoms with van der Waals surface area (Å²) in [6, 6.07) is 6.48. The minimum absolute atomic E-state index is 0.0722. The Labute approximate surface area is 139 Å². The highest BCUT2D eigenvalue weighted by atomic mass is 16.5. The average molecular weight is 318 g/mol. The van der Waals surface area contributed by atoms with Crippen molar-refractivity contribution in [3.8, 4) is 5.75 Å². The maximum Gasteiger partial charge on any atom is 0.127 e. The van der Waals surface area contributed by atoms with Crippen molar-refractivity contribution >= 4 is 0 Å². The Kier molecular flexibility index (Phi) is 5.24. The summed E-state index contributed by atoms with van der Waals surface area (Å²) in [5.41, 5.74) is 2.53. The number of hydrogen-bond donors (Lipinski definition) is 2. The molecule has 2 aliphatic rings. The number of nitrogens with zero attached hydrogens (tertiary/aromatic N) is 1. The van der Waals surface area contributed by atoms with Crippen molar-refractivity contribution < 1.29 is 9.84 Å². The Hall–Kier alpha value is -1.10. The van der Waals surface area contributed by atoms with Gasteiger partial charge < -0.3 is 20.1 Å². The number of para-hydroxylation sites is 1. The van der Waals surface area contributed by atoms with Crippen LogP contribution >= 0.6 is 0 Å². The smallest absolute Gasteiger partial charge is 0.127 e. The normalized spacial score (nSPS) is 21.2. The van der Waals surface area contributed by atoms with Crippen LogP contribution in [0.5, 0.6) is 5.75 Å². The first-order valence-electron chi connectivity index (χ1n) is 8.94. The minimum atomic E-state index is -0.0752. The first-order valence-corrected chi connectivity index (χ1v) is 8.94. The van der Waals surface area contributed by atoms with E-state index in [-0.39, 0.29) is 11.7 Å². The van der Waals surface area contributed by atoms with E-state index in [0.29, 0.717) is 0 Å². The zero-order chi connectivity index (χ0) is 16.3. The van der Waals surface area contributed by atoms with E-state index in [0.717, 1.165) is 64.2 Å². The predicted molar refractivity (Wildman–Crippen MR) is 92.9 cm³/mol. The van der Waals surface area contributed by atoms with Gasteiger partial charge in [0.05, 0.1) is 6.10 Å². The molecule has 0 bridgehead atoms. The monoisotopic (exact) mass is 318 g/mol. The number of hydrogen-bond acceptors (Lipinski definition) is 4. The van der Waals surface area contributed by atoms with Crippen molar-refractivity contribution in [2.75, 3.05) is 26.2 Å². The molecule has 0 atom stereocenters. The van der Waals surface area contributed by atoms with Gasteiger partial charge in [0.1, 0.15) is 11.4 Å². The van der Waals surface area contributed by atoms with Gasteiger partial charge >= 0.3 is 0 Å². The van der Waals surface area contributed by atoms with E-state index in [2.05, 4.69) is 42.3 Å². The highest BCUT2D eigenvalue weighted by molar-refractivity contribution is 5.45. The Balaban J connectivity index is 1.40. The fourth-order valence-electron chi connectivity index (χ4n) is 3.61. The zero-order valence-corrected chi connectivity index (χ0v) is 14.5. The van der Waals surface area contributed by atoms with Crippen LogP contribution in [0.2, 0.25) is 0 Å². The van der Waals surface area contributed by atoms with E-state index in [1.807, 2.05) is 0 Å². The molecule has 1 saturated heterocycles. The van der Waals surface area contributed by atoms with Gasteiger partial charge in [0.15, 0.2) is 0 Å². The number of ether oxygens (including phenoxy) is 1. The summed E-state index contributed by atoms with van der Waals surface area (Å²) in [6.45, 7) is 9.40. The van der Waals surface area contributed by atoms with Gasteiger partial charge in [-0.05, 0) is 51.8 Å². The van der Waals surface area contributed by atoms with Gasteiger partial charge in [0, 0.05) is 31.6 Å². The van der Waals surface area contributed by atoms with E-state index in [9.17, 15) is 5.11 Å². The minimum Gasteiger partial charge on any atom is -0.487 e. The Morgan fingerprint density at radius 1 is 1.30 bits per heavy atom. The SMILES string of the molecule is CC1(C)Cc2cccc(CNCCCN3CCC(O)CC3)c2O1. The number of likely N-dealkylation sites (tertiary alicyclic amines) is 1. The third-order valence-corrected chi connectivity index (χ3v) is 4.87. The van der Waals surface area contributed by atoms with E-state index in [1.54, 1.807) is 0 Å². The molecule has 1 fully saturated rings. The number of aliphatic hydroxyl groups is 1. The lowest BCUT2D eigenvalue weighted by atomic mass is 10.0. The summed E-state index contributed by atoms with van der Waals surface area (Å²) in [5.74, 6) is 1.09. The van der Waals surface area contributed by atoms with Crippen LogP contribution in [0.25, 0.3) is 0 Å². The third-order valence-electron chi connectivity index (χ3n) is 4.87. The van der Waals surface area contributed by atoms with Gasteiger partial charge in [-0.25, -0.2) is 0 Å². The molecule has 3 rings (SSSR count). The molecule has 0 aliphatic carbocycles. The van der Waals surface area contributed by atoms with Crippen molar-refractivity contribution in [3.05, 3.63) is 29.3 Å². The van der Waals surface area contributed by atoms with Crippen molar-refractivity contribution in [1.82, 2.24) is 10.2 Å². The Morgan fingerprint density at radius 3 is 2.87 bits per heavy atom. The number of piperidine rings is 1. The molecule has 1 aromatic rings. The van der Waals surface area contributed by atoms with E-state index < -0.39 is 0 Å². The van der Waals surface area contributed by atoms with Gasteiger partial charge in [-0.1, -0.05) is 18.2 Å². The molecule has 1 aromatic carbocycles. The highest BCUT2D eigenvalue weighted by Gasteiger charge is 2.31. The second kappa shape index (κ2) is 7.20. The molecule has 0 aromatic heterocycles. The summed E-state index contributed by atoms with van der Waals surface area (Å²) in [4.78, 5) is 2.46. The van der Waals surface area contributed by atoms with Crippen molar-refractivity contribution in [2.24, 2.45) is 0 Å². The van der Waals surface area contributed by atoms with Crippen molar-refractivity contribution in [2.45, 2.75) is 57.8 Å². The van der Waals surface area contributed by atoms with E-state index in [1.165, 1.54) is 11.1 Å². The summed E-state index contributed by atoms with van der Waals surface area (Å²) >= 11 is 0. The van der Waals surface area contributed by atoms with E-state index in [4.69, 9.17) is 4.74 Å². The molecule has 128 valence electrons. The molecule has 0 radical (unpaired) electrons. The molecule has 0 spiro atoms. The Bertz CT molecular complexity index is 522. The second-order valence-corrected chi connectivity index (χ2v) is 7.55.